The van der Waals surface area contributed by atoms with Gasteiger partial charge >= 0.3 is 0 Å². The zero-order valence-corrected chi connectivity index (χ0v) is 7.87. The fourth-order valence-electron chi connectivity index (χ4n) is 1.15. The largest absolute Gasteiger partial charge is 0.387 e. The number of hydrogen-bond donors (Lipinski definition) is 2. The third-order valence-electron chi connectivity index (χ3n) is 1.74. The van der Waals surface area contributed by atoms with Crippen LogP contribution in [-0.2, 0) is 14.3 Å². The maximum atomic E-state index is 10.7. The van der Waals surface area contributed by atoms with Crippen molar-refractivity contribution in [3.8, 4) is 0 Å². The second kappa shape index (κ2) is 4.04. The standard InChI is InChI=1S/C8H15NO4/c1-8(2)12-5-6(13-8)3-9-7(11)4-10/h6,10H,3-5H2,1-2H3,(H,9,11). The van der Waals surface area contributed by atoms with E-state index >= 15 is 0 Å². The zero-order valence-electron chi connectivity index (χ0n) is 7.87. The van der Waals surface area contributed by atoms with E-state index in [2.05, 4.69) is 5.32 Å². The SMILES string of the molecule is CC1(C)OCC(CNC(=O)CO)O1. The Kier molecular flexibility index (Phi) is 3.24. The maximum Gasteiger partial charge on any atom is 0.245 e. The molecule has 1 saturated heterocycles. The second-order valence-corrected chi connectivity index (χ2v) is 3.41. The highest BCUT2D eigenvalue weighted by molar-refractivity contribution is 5.76. The lowest BCUT2D eigenvalue weighted by atomic mass is 10.3. The van der Waals surface area contributed by atoms with Gasteiger partial charge in [0.25, 0.3) is 0 Å². The van der Waals surface area contributed by atoms with Crippen LogP contribution in [-0.4, -0.2) is 42.7 Å². The maximum absolute atomic E-state index is 10.7. The molecule has 2 N–H and O–H groups in total. The van der Waals surface area contributed by atoms with E-state index < -0.39 is 18.3 Å². The molecule has 1 atom stereocenters. The van der Waals surface area contributed by atoms with E-state index in [1.165, 1.54) is 0 Å². The van der Waals surface area contributed by atoms with Gasteiger partial charge in [-0.2, -0.15) is 0 Å². The van der Waals surface area contributed by atoms with Crippen molar-refractivity contribution < 1.29 is 19.4 Å². The van der Waals surface area contributed by atoms with E-state index in [1.807, 2.05) is 13.8 Å². The second-order valence-electron chi connectivity index (χ2n) is 3.41. The molecule has 0 aromatic carbocycles. The van der Waals surface area contributed by atoms with Gasteiger partial charge in [0.15, 0.2) is 5.79 Å². The van der Waals surface area contributed by atoms with Crippen molar-refractivity contribution in [3.05, 3.63) is 0 Å². The Morgan fingerprint density at radius 2 is 2.38 bits per heavy atom. The van der Waals surface area contributed by atoms with E-state index in [1.54, 1.807) is 0 Å². The summed E-state index contributed by atoms with van der Waals surface area (Å²) in [5.41, 5.74) is 0. The third-order valence-corrected chi connectivity index (χ3v) is 1.74. The highest BCUT2D eigenvalue weighted by atomic mass is 16.7. The van der Waals surface area contributed by atoms with Crippen LogP contribution >= 0.6 is 0 Å². The van der Waals surface area contributed by atoms with E-state index in [-0.39, 0.29) is 6.10 Å². The van der Waals surface area contributed by atoms with Crippen molar-refractivity contribution in [2.45, 2.75) is 25.7 Å². The number of hydrogen-bond acceptors (Lipinski definition) is 4. The van der Waals surface area contributed by atoms with Crippen LogP contribution in [0.2, 0.25) is 0 Å². The quantitative estimate of drug-likeness (QED) is 0.612. The number of aliphatic hydroxyl groups is 1. The van der Waals surface area contributed by atoms with Crippen LogP contribution in [0, 0.1) is 0 Å². The molecule has 13 heavy (non-hydrogen) atoms. The lowest BCUT2D eigenvalue weighted by Gasteiger charge is -2.17. The van der Waals surface area contributed by atoms with Crippen LogP contribution in [0.3, 0.4) is 0 Å². The first-order valence-corrected chi connectivity index (χ1v) is 4.23. The number of rotatable bonds is 3. The number of aliphatic hydroxyl groups excluding tert-OH is 1. The molecule has 76 valence electrons. The monoisotopic (exact) mass is 189 g/mol. The summed E-state index contributed by atoms with van der Waals surface area (Å²) >= 11 is 0. The van der Waals surface area contributed by atoms with E-state index in [0.29, 0.717) is 13.2 Å². The highest BCUT2D eigenvalue weighted by Crippen LogP contribution is 2.21. The summed E-state index contributed by atoms with van der Waals surface area (Å²) < 4.78 is 10.7. The summed E-state index contributed by atoms with van der Waals surface area (Å²) in [7, 11) is 0. The predicted octanol–water partition coefficient (Wildman–Crippen LogP) is -0.754. The predicted molar refractivity (Wildman–Crippen MR) is 45.0 cm³/mol. The van der Waals surface area contributed by atoms with Gasteiger partial charge in [-0.05, 0) is 13.8 Å². The third kappa shape index (κ3) is 3.30. The molecule has 1 amide bonds. The molecule has 1 fully saturated rings. The van der Waals surface area contributed by atoms with E-state index in [0.717, 1.165) is 0 Å². The fourth-order valence-corrected chi connectivity index (χ4v) is 1.15. The lowest BCUT2D eigenvalue weighted by molar-refractivity contribution is -0.139. The van der Waals surface area contributed by atoms with Gasteiger partial charge in [-0.1, -0.05) is 0 Å². The zero-order chi connectivity index (χ0) is 9.90. The molecule has 0 radical (unpaired) electrons. The van der Waals surface area contributed by atoms with Gasteiger partial charge in [-0.25, -0.2) is 0 Å². The molecule has 0 aromatic heterocycles. The first-order valence-electron chi connectivity index (χ1n) is 4.23. The lowest BCUT2D eigenvalue weighted by Crippen LogP contribution is -2.35. The van der Waals surface area contributed by atoms with Crippen LogP contribution in [0.4, 0.5) is 0 Å². The molecule has 1 aliphatic heterocycles. The Balaban J connectivity index is 2.21. The minimum Gasteiger partial charge on any atom is -0.387 e. The summed E-state index contributed by atoms with van der Waals surface area (Å²) in [5, 5.41) is 10.9. The van der Waals surface area contributed by atoms with Gasteiger partial charge in [-0.15, -0.1) is 0 Å². The van der Waals surface area contributed by atoms with Crippen molar-refractivity contribution in [3.63, 3.8) is 0 Å². The van der Waals surface area contributed by atoms with Gasteiger partial charge in [0.2, 0.25) is 5.91 Å². The van der Waals surface area contributed by atoms with Gasteiger partial charge in [-0.3, -0.25) is 4.79 Å². The van der Waals surface area contributed by atoms with Crippen molar-refractivity contribution >= 4 is 5.91 Å². The van der Waals surface area contributed by atoms with Crippen LogP contribution in [0.25, 0.3) is 0 Å². The Morgan fingerprint density at radius 1 is 1.69 bits per heavy atom. The normalized spacial score (nSPS) is 25.9. The summed E-state index contributed by atoms with van der Waals surface area (Å²) in [5.74, 6) is -0.956. The highest BCUT2D eigenvalue weighted by Gasteiger charge is 2.32. The molecule has 1 aliphatic rings. The van der Waals surface area contributed by atoms with E-state index in [9.17, 15) is 4.79 Å². The summed E-state index contributed by atoms with van der Waals surface area (Å²) in [6, 6.07) is 0. The molecule has 0 spiro atoms. The number of nitrogens with one attached hydrogen (secondary N) is 1. The molecule has 0 saturated carbocycles. The summed E-state index contributed by atoms with van der Waals surface area (Å²) in [6.07, 6.45) is -0.120. The molecule has 0 aliphatic carbocycles. The topological polar surface area (TPSA) is 67.8 Å². The average molecular weight is 189 g/mol. The number of carbonyl (C=O) groups excluding carboxylic acids is 1. The van der Waals surface area contributed by atoms with Crippen LogP contribution in [0.15, 0.2) is 0 Å². The molecule has 1 heterocycles. The van der Waals surface area contributed by atoms with Crippen molar-refractivity contribution in [1.29, 1.82) is 0 Å². The van der Waals surface area contributed by atoms with Gasteiger partial charge < -0.3 is 19.9 Å². The molecule has 1 rings (SSSR count). The van der Waals surface area contributed by atoms with Gasteiger partial charge in [0.1, 0.15) is 12.7 Å². The minimum atomic E-state index is -0.561. The minimum absolute atomic E-state index is 0.120. The first-order chi connectivity index (χ1) is 6.03. The average Bonchev–Trinajstić information content (AvgIpc) is 2.41. The Labute approximate surface area is 77.0 Å². The summed E-state index contributed by atoms with van der Waals surface area (Å²) in [4.78, 5) is 10.7. The number of carbonyl (C=O) groups is 1. The fraction of sp³-hybridized carbons (Fsp3) is 0.875. The van der Waals surface area contributed by atoms with Crippen molar-refractivity contribution in [2.75, 3.05) is 19.8 Å². The van der Waals surface area contributed by atoms with Crippen LogP contribution in [0.1, 0.15) is 13.8 Å². The van der Waals surface area contributed by atoms with Crippen molar-refractivity contribution in [2.24, 2.45) is 0 Å². The number of ether oxygens (including phenoxy) is 2. The summed E-state index contributed by atoms with van der Waals surface area (Å²) in [6.45, 7) is 4.00. The molecule has 1 unspecified atom stereocenters. The molecule has 0 aromatic rings. The van der Waals surface area contributed by atoms with Crippen LogP contribution < -0.4 is 5.32 Å². The molecule has 0 bridgehead atoms. The first kappa shape index (κ1) is 10.4. The molecular weight excluding hydrogens is 174 g/mol. The number of amides is 1. The smallest absolute Gasteiger partial charge is 0.245 e. The molecular formula is C8H15NO4. The van der Waals surface area contributed by atoms with E-state index in [4.69, 9.17) is 14.6 Å². The molecule has 5 heteroatoms. The Bertz CT molecular complexity index is 193. The Hall–Kier alpha value is -0.650. The van der Waals surface area contributed by atoms with Gasteiger partial charge in [0, 0.05) is 6.54 Å². The van der Waals surface area contributed by atoms with Crippen LogP contribution in [0.5, 0.6) is 0 Å². The van der Waals surface area contributed by atoms with Crippen molar-refractivity contribution in [1.82, 2.24) is 5.32 Å². The Morgan fingerprint density at radius 3 is 2.85 bits per heavy atom. The molecule has 5 nitrogen and oxygen atoms in total. The van der Waals surface area contributed by atoms with Gasteiger partial charge in [0.05, 0.1) is 6.61 Å².